The summed E-state index contributed by atoms with van der Waals surface area (Å²) < 4.78 is 5.39. The molecule has 0 radical (unpaired) electrons. The van der Waals surface area contributed by atoms with E-state index in [4.69, 9.17) is 4.74 Å². The van der Waals surface area contributed by atoms with E-state index in [1.165, 1.54) is 0 Å². The summed E-state index contributed by atoms with van der Waals surface area (Å²) in [6, 6.07) is 3.26. The molecule has 0 bridgehead atoms. The highest BCUT2D eigenvalue weighted by Crippen LogP contribution is 2.21. The first-order chi connectivity index (χ1) is 7.69. The van der Waals surface area contributed by atoms with Crippen molar-refractivity contribution in [3.63, 3.8) is 0 Å². The van der Waals surface area contributed by atoms with Gasteiger partial charge in [0.05, 0.1) is 6.61 Å². The Morgan fingerprint density at radius 3 is 3.00 bits per heavy atom. The van der Waals surface area contributed by atoms with Crippen LogP contribution in [0.15, 0.2) is 18.3 Å². The van der Waals surface area contributed by atoms with E-state index in [9.17, 15) is 4.79 Å². The van der Waals surface area contributed by atoms with Gasteiger partial charge in [0.15, 0.2) is 11.6 Å². The number of aromatic nitrogens is 1. The fourth-order valence-corrected chi connectivity index (χ4v) is 1.26. The van der Waals surface area contributed by atoms with Crippen LogP contribution in [0.2, 0.25) is 0 Å². The van der Waals surface area contributed by atoms with Crippen molar-refractivity contribution < 1.29 is 9.53 Å². The minimum atomic E-state index is -0.348. The van der Waals surface area contributed by atoms with E-state index in [1.54, 1.807) is 26.2 Å². The molecular formula is C11H17N3O2. The van der Waals surface area contributed by atoms with Crippen molar-refractivity contribution in [2.45, 2.75) is 19.9 Å². The molecule has 1 aromatic rings. The number of nitrogens with one attached hydrogen (secondary N) is 2. The van der Waals surface area contributed by atoms with Crippen molar-refractivity contribution in [1.29, 1.82) is 0 Å². The predicted molar refractivity (Wildman–Crippen MR) is 62.6 cm³/mol. The van der Waals surface area contributed by atoms with Crippen LogP contribution in [0.25, 0.3) is 0 Å². The highest BCUT2D eigenvalue weighted by molar-refractivity contribution is 5.83. The summed E-state index contributed by atoms with van der Waals surface area (Å²) in [6.07, 6.45) is 1.65. The van der Waals surface area contributed by atoms with E-state index in [2.05, 4.69) is 15.6 Å². The molecule has 1 heterocycles. The summed E-state index contributed by atoms with van der Waals surface area (Å²) in [5.41, 5.74) is 0. The predicted octanol–water partition coefficient (Wildman–Crippen LogP) is 1.03. The molecule has 0 fully saturated rings. The van der Waals surface area contributed by atoms with Crippen LogP contribution >= 0.6 is 0 Å². The van der Waals surface area contributed by atoms with Crippen LogP contribution in [0.4, 0.5) is 5.82 Å². The molecule has 1 atom stereocenters. The molecule has 0 spiro atoms. The first-order valence-electron chi connectivity index (χ1n) is 5.25. The molecule has 0 aromatic carbocycles. The number of amides is 1. The Morgan fingerprint density at radius 2 is 2.38 bits per heavy atom. The molecule has 0 aliphatic carbocycles. The molecule has 0 saturated heterocycles. The van der Waals surface area contributed by atoms with E-state index in [0.29, 0.717) is 18.2 Å². The Labute approximate surface area is 95.2 Å². The number of likely N-dealkylation sites (N-methyl/N-ethyl adjacent to an activating group) is 1. The SMILES string of the molecule is CCOc1cccnc1NC(C)C(=O)NC. The minimum absolute atomic E-state index is 0.0897. The number of ether oxygens (including phenoxy) is 1. The topological polar surface area (TPSA) is 63.2 Å². The maximum absolute atomic E-state index is 11.3. The van der Waals surface area contributed by atoms with Gasteiger partial charge in [-0.3, -0.25) is 4.79 Å². The summed E-state index contributed by atoms with van der Waals surface area (Å²) in [6.45, 7) is 4.23. The monoisotopic (exact) mass is 223 g/mol. The Morgan fingerprint density at radius 1 is 1.62 bits per heavy atom. The molecule has 1 rings (SSSR count). The van der Waals surface area contributed by atoms with E-state index in [1.807, 2.05) is 13.0 Å². The maximum Gasteiger partial charge on any atom is 0.241 e. The summed E-state index contributed by atoms with van der Waals surface area (Å²) in [4.78, 5) is 15.5. The van der Waals surface area contributed by atoms with Gasteiger partial charge in [0.1, 0.15) is 6.04 Å². The molecular weight excluding hydrogens is 206 g/mol. The zero-order chi connectivity index (χ0) is 12.0. The van der Waals surface area contributed by atoms with Gasteiger partial charge in [0, 0.05) is 13.2 Å². The fraction of sp³-hybridized carbons (Fsp3) is 0.455. The van der Waals surface area contributed by atoms with Gasteiger partial charge in [0.2, 0.25) is 5.91 Å². The Balaban J connectivity index is 2.75. The average molecular weight is 223 g/mol. The molecule has 0 aliphatic heterocycles. The van der Waals surface area contributed by atoms with E-state index in [0.717, 1.165) is 0 Å². The molecule has 1 aromatic heterocycles. The second-order valence-electron chi connectivity index (χ2n) is 3.26. The highest BCUT2D eigenvalue weighted by atomic mass is 16.5. The van der Waals surface area contributed by atoms with Gasteiger partial charge < -0.3 is 15.4 Å². The minimum Gasteiger partial charge on any atom is -0.490 e. The third kappa shape index (κ3) is 3.12. The summed E-state index contributed by atoms with van der Waals surface area (Å²) in [7, 11) is 1.60. The van der Waals surface area contributed by atoms with Crippen molar-refractivity contribution in [3.8, 4) is 5.75 Å². The van der Waals surface area contributed by atoms with Crippen LogP contribution in [0.5, 0.6) is 5.75 Å². The number of nitrogens with zero attached hydrogens (tertiary/aromatic N) is 1. The van der Waals surface area contributed by atoms with Crippen LogP contribution in [0.1, 0.15) is 13.8 Å². The Hall–Kier alpha value is -1.78. The van der Waals surface area contributed by atoms with Crippen molar-refractivity contribution in [1.82, 2.24) is 10.3 Å². The molecule has 5 heteroatoms. The molecule has 1 unspecified atom stereocenters. The summed E-state index contributed by atoms with van der Waals surface area (Å²) in [5.74, 6) is 1.15. The lowest BCUT2D eigenvalue weighted by atomic mass is 10.3. The number of carbonyl (C=O) groups excluding carboxylic acids is 1. The van der Waals surface area contributed by atoms with Crippen LogP contribution in [0.3, 0.4) is 0 Å². The number of rotatable bonds is 5. The van der Waals surface area contributed by atoms with Crippen LogP contribution in [-0.2, 0) is 4.79 Å². The third-order valence-corrected chi connectivity index (χ3v) is 2.06. The second kappa shape index (κ2) is 5.95. The van der Waals surface area contributed by atoms with Gasteiger partial charge in [-0.2, -0.15) is 0 Å². The maximum atomic E-state index is 11.3. The molecule has 0 aliphatic rings. The lowest BCUT2D eigenvalue weighted by Gasteiger charge is -2.15. The lowest BCUT2D eigenvalue weighted by Crippen LogP contribution is -2.35. The molecule has 88 valence electrons. The van der Waals surface area contributed by atoms with Gasteiger partial charge >= 0.3 is 0 Å². The average Bonchev–Trinajstić information content (AvgIpc) is 2.31. The van der Waals surface area contributed by atoms with E-state index < -0.39 is 0 Å². The fourth-order valence-electron chi connectivity index (χ4n) is 1.26. The van der Waals surface area contributed by atoms with Crippen LogP contribution in [0, 0.1) is 0 Å². The number of anilines is 1. The largest absolute Gasteiger partial charge is 0.490 e. The standard InChI is InChI=1S/C11H17N3O2/c1-4-16-9-6-5-7-13-10(9)14-8(2)11(15)12-3/h5-8H,4H2,1-3H3,(H,12,15)(H,13,14). The smallest absolute Gasteiger partial charge is 0.241 e. The van der Waals surface area contributed by atoms with Gasteiger partial charge in [-0.1, -0.05) is 0 Å². The first kappa shape index (κ1) is 12.3. The molecule has 16 heavy (non-hydrogen) atoms. The van der Waals surface area contributed by atoms with Gasteiger partial charge in [-0.15, -0.1) is 0 Å². The van der Waals surface area contributed by atoms with E-state index >= 15 is 0 Å². The highest BCUT2D eigenvalue weighted by Gasteiger charge is 2.13. The van der Waals surface area contributed by atoms with Gasteiger partial charge in [-0.05, 0) is 26.0 Å². The van der Waals surface area contributed by atoms with Crippen LogP contribution in [-0.4, -0.2) is 30.6 Å². The summed E-state index contributed by atoms with van der Waals surface area (Å²) >= 11 is 0. The van der Waals surface area contributed by atoms with Crippen molar-refractivity contribution in [3.05, 3.63) is 18.3 Å². The third-order valence-electron chi connectivity index (χ3n) is 2.06. The molecule has 5 nitrogen and oxygen atoms in total. The lowest BCUT2D eigenvalue weighted by molar-refractivity contribution is -0.121. The molecule has 1 amide bonds. The number of carbonyl (C=O) groups is 1. The second-order valence-corrected chi connectivity index (χ2v) is 3.26. The van der Waals surface area contributed by atoms with E-state index in [-0.39, 0.29) is 11.9 Å². The van der Waals surface area contributed by atoms with Gasteiger partial charge in [-0.25, -0.2) is 4.98 Å². The summed E-state index contributed by atoms with van der Waals surface area (Å²) in [5, 5.41) is 5.56. The van der Waals surface area contributed by atoms with Crippen molar-refractivity contribution in [2.24, 2.45) is 0 Å². The van der Waals surface area contributed by atoms with Crippen molar-refractivity contribution >= 4 is 11.7 Å². The quantitative estimate of drug-likeness (QED) is 0.782. The number of pyridine rings is 1. The van der Waals surface area contributed by atoms with Crippen LogP contribution < -0.4 is 15.4 Å². The number of hydrogen-bond donors (Lipinski definition) is 2. The molecule has 2 N–H and O–H groups in total. The first-order valence-corrected chi connectivity index (χ1v) is 5.25. The molecule has 0 saturated carbocycles. The van der Waals surface area contributed by atoms with Crippen molar-refractivity contribution in [2.75, 3.05) is 19.0 Å². The number of hydrogen-bond acceptors (Lipinski definition) is 4. The zero-order valence-electron chi connectivity index (χ0n) is 9.78. The Bertz CT molecular complexity index is 355. The zero-order valence-corrected chi connectivity index (χ0v) is 9.78. The normalized spacial score (nSPS) is 11.7. The van der Waals surface area contributed by atoms with Gasteiger partial charge in [0.25, 0.3) is 0 Å². The Kier molecular flexibility index (Phi) is 4.57.